The van der Waals surface area contributed by atoms with Gasteiger partial charge in [0.15, 0.2) is 5.16 Å². The fourth-order valence-electron chi connectivity index (χ4n) is 2.64. The van der Waals surface area contributed by atoms with Gasteiger partial charge in [-0.2, -0.15) is 0 Å². The molecule has 0 radical (unpaired) electrons. The molecular formula is C16H18N4S. The van der Waals surface area contributed by atoms with E-state index >= 15 is 0 Å². The van der Waals surface area contributed by atoms with Gasteiger partial charge in [0.25, 0.3) is 0 Å². The van der Waals surface area contributed by atoms with Crippen molar-refractivity contribution in [1.82, 2.24) is 15.0 Å². The van der Waals surface area contributed by atoms with E-state index in [-0.39, 0.29) is 0 Å². The van der Waals surface area contributed by atoms with E-state index in [2.05, 4.69) is 34.9 Å². The van der Waals surface area contributed by atoms with E-state index in [4.69, 9.17) is 5.73 Å². The first-order valence-electron chi connectivity index (χ1n) is 7.06. The third-order valence-corrected chi connectivity index (χ3v) is 4.71. The van der Waals surface area contributed by atoms with Crippen LogP contribution in [-0.2, 0) is 12.2 Å². The van der Waals surface area contributed by atoms with Crippen molar-refractivity contribution in [3.05, 3.63) is 46.9 Å². The Morgan fingerprint density at radius 1 is 1.33 bits per heavy atom. The molecule has 0 saturated carbocycles. The van der Waals surface area contributed by atoms with E-state index in [1.165, 1.54) is 11.1 Å². The normalized spacial score (nSPS) is 13.6. The van der Waals surface area contributed by atoms with Gasteiger partial charge in [-0.15, -0.1) is 0 Å². The maximum Gasteiger partial charge on any atom is 0.190 e. The van der Waals surface area contributed by atoms with Crippen LogP contribution in [0.2, 0.25) is 0 Å². The number of hydrogen-bond acceptors (Lipinski definition) is 5. The summed E-state index contributed by atoms with van der Waals surface area (Å²) < 4.78 is 0. The Hall–Kier alpha value is -1.88. The summed E-state index contributed by atoms with van der Waals surface area (Å²) in [5.41, 5.74) is 12.1. The number of hydrogen-bond donors (Lipinski definition) is 1. The minimum absolute atomic E-state index is 0.606. The van der Waals surface area contributed by atoms with Crippen LogP contribution in [0.15, 0.2) is 35.3 Å². The zero-order valence-electron chi connectivity index (χ0n) is 12.3. The summed E-state index contributed by atoms with van der Waals surface area (Å²) in [6, 6.07) is 3.99. The van der Waals surface area contributed by atoms with Gasteiger partial charge in [-0.25, -0.2) is 9.97 Å². The van der Waals surface area contributed by atoms with Crippen LogP contribution in [-0.4, -0.2) is 15.0 Å². The van der Waals surface area contributed by atoms with E-state index in [0.29, 0.717) is 5.82 Å². The van der Waals surface area contributed by atoms with Crippen LogP contribution in [0, 0.1) is 0 Å². The standard InChI is InChI=1S/C16H18N4S/c1-3-12-7-13-14(10(12)2)15(17)20-16(19-13)21-9-11-5-4-6-18-8-11/h4-6,8H,3,7,9H2,1-2H3,(H2,17,19,20). The van der Waals surface area contributed by atoms with Crippen molar-refractivity contribution in [2.45, 2.75) is 37.6 Å². The maximum atomic E-state index is 6.14. The molecule has 2 aromatic heterocycles. The summed E-state index contributed by atoms with van der Waals surface area (Å²) in [5, 5.41) is 0.750. The molecule has 0 spiro atoms. The van der Waals surface area contributed by atoms with E-state index < -0.39 is 0 Å². The fraction of sp³-hybridized carbons (Fsp3) is 0.312. The number of nitrogens with two attached hydrogens (primary N) is 1. The highest BCUT2D eigenvalue weighted by Crippen LogP contribution is 2.37. The second kappa shape index (κ2) is 5.85. The second-order valence-corrected chi connectivity index (χ2v) is 6.06. The first-order valence-corrected chi connectivity index (χ1v) is 8.04. The van der Waals surface area contributed by atoms with Gasteiger partial charge in [-0.1, -0.05) is 30.3 Å². The largest absolute Gasteiger partial charge is 0.383 e. The highest BCUT2D eigenvalue weighted by molar-refractivity contribution is 7.98. The average Bonchev–Trinajstić information content (AvgIpc) is 2.83. The molecule has 5 heteroatoms. The summed E-state index contributed by atoms with van der Waals surface area (Å²) in [7, 11) is 0. The van der Waals surface area contributed by atoms with Crippen LogP contribution >= 0.6 is 11.8 Å². The molecule has 0 aliphatic heterocycles. The second-order valence-electron chi connectivity index (χ2n) is 5.12. The highest BCUT2D eigenvalue weighted by Gasteiger charge is 2.23. The molecule has 108 valence electrons. The number of allylic oxidation sites excluding steroid dienone is 2. The molecule has 0 amide bonds. The van der Waals surface area contributed by atoms with Crippen molar-refractivity contribution in [1.29, 1.82) is 0 Å². The van der Waals surface area contributed by atoms with Crippen LogP contribution in [0.25, 0.3) is 5.57 Å². The smallest absolute Gasteiger partial charge is 0.190 e. The average molecular weight is 298 g/mol. The predicted molar refractivity (Wildman–Crippen MR) is 86.8 cm³/mol. The summed E-state index contributed by atoms with van der Waals surface area (Å²) in [6.45, 7) is 4.29. The molecule has 2 aromatic rings. The lowest BCUT2D eigenvalue weighted by Crippen LogP contribution is -2.02. The summed E-state index contributed by atoms with van der Waals surface area (Å²) >= 11 is 1.60. The van der Waals surface area contributed by atoms with Gasteiger partial charge in [0.05, 0.1) is 5.69 Å². The van der Waals surface area contributed by atoms with Gasteiger partial charge in [-0.05, 0) is 30.5 Å². The molecule has 0 aromatic carbocycles. The van der Waals surface area contributed by atoms with E-state index in [1.807, 2.05) is 12.3 Å². The van der Waals surface area contributed by atoms with E-state index in [9.17, 15) is 0 Å². The molecule has 0 unspecified atom stereocenters. The first kappa shape index (κ1) is 14.1. The topological polar surface area (TPSA) is 64.7 Å². The predicted octanol–water partition coefficient (Wildman–Crippen LogP) is 3.49. The number of anilines is 1. The Morgan fingerprint density at radius 3 is 2.90 bits per heavy atom. The van der Waals surface area contributed by atoms with Gasteiger partial charge < -0.3 is 5.73 Å². The summed E-state index contributed by atoms with van der Waals surface area (Å²) in [6.07, 6.45) is 5.59. The molecule has 1 aliphatic rings. The third-order valence-electron chi connectivity index (χ3n) is 3.80. The van der Waals surface area contributed by atoms with Gasteiger partial charge >= 0.3 is 0 Å². The van der Waals surface area contributed by atoms with Crippen molar-refractivity contribution < 1.29 is 0 Å². The molecule has 1 aliphatic carbocycles. The van der Waals surface area contributed by atoms with Gasteiger partial charge in [0, 0.05) is 30.1 Å². The Balaban J connectivity index is 1.81. The quantitative estimate of drug-likeness (QED) is 0.691. The van der Waals surface area contributed by atoms with Crippen molar-refractivity contribution in [2.24, 2.45) is 0 Å². The van der Waals surface area contributed by atoms with Crippen molar-refractivity contribution >= 4 is 23.2 Å². The Bertz CT molecular complexity index is 695. The van der Waals surface area contributed by atoms with Gasteiger partial charge in [0.1, 0.15) is 5.82 Å². The number of fused-ring (bicyclic) bond motifs is 1. The lowest BCUT2D eigenvalue weighted by atomic mass is 10.1. The van der Waals surface area contributed by atoms with Crippen LogP contribution in [0.5, 0.6) is 0 Å². The van der Waals surface area contributed by atoms with Crippen LogP contribution in [0.3, 0.4) is 0 Å². The van der Waals surface area contributed by atoms with Crippen LogP contribution < -0.4 is 5.73 Å². The van der Waals surface area contributed by atoms with Gasteiger partial charge in [0.2, 0.25) is 0 Å². The summed E-state index contributed by atoms with van der Waals surface area (Å²) in [5.74, 6) is 1.41. The van der Waals surface area contributed by atoms with E-state index in [1.54, 1.807) is 18.0 Å². The third kappa shape index (κ3) is 2.78. The lowest BCUT2D eigenvalue weighted by Gasteiger charge is -2.07. The molecule has 0 fully saturated rings. The minimum atomic E-state index is 0.606. The van der Waals surface area contributed by atoms with E-state index in [0.717, 1.165) is 40.6 Å². The number of nitrogens with zero attached hydrogens (tertiary/aromatic N) is 3. The fourth-order valence-corrected chi connectivity index (χ4v) is 3.44. The van der Waals surface area contributed by atoms with Crippen LogP contribution in [0.4, 0.5) is 5.82 Å². The number of nitrogen functional groups attached to an aromatic ring is 1. The number of thioether (sulfide) groups is 1. The number of aromatic nitrogens is 3. The zero-order valence-corrected chi connectivity index (χ0v) is 13.1. The Morgan fingerprint density at radius 2 is 2.19 bits per heavy atom. The van der Waals surface area contributed by atoms with Crippen molar-refractivity contribution in [3.8, 4) is 0 Å². The van der Waals surface area contributed by atoms with Gasteiger partial charge in [-0.3, -0.25) is 4.98 Å². The lowest BCUT2D eigenvalue weighted by molar-refractivity contribution is 0.900. The molecular weight excluding hydrogens is 280 g/mol. The number of rotatable bonds is 4. The van der Waals surface area contributed by atoms with Crippen molar-refractivity contribution in [2.75, 3.05) is 5.73 Å². The maximum absolute atomic E-state index is 6.14. The monoisotopic (exact) mass is 298 g/mol. The molecule has 2 N–H and O–H groups in total. The molecule has 3 rings (SSSR count). The molecule has 21 heavy (non-hydrogen) atoms. The molecule has 4 nitrogen and oxygen atoms in total. The zero-order chi connectivity index (χ0) is 14.8. The first-order chi connectivity index (χ1) is 10.2. The molecule has 0 bridgehead atoms. The van der Waals surface area contributed by atoms with Crippen LogP contribution in [0.1, 0.15) is 37.1 Å². The minimum Gasteiger partial charge on any atom is -0.383 e. The summed E-state index contributed by atoms with van der Waals surface area (Å²) in [4.78, 5) is 13.3. The number of pyridine rings is 1. The molecule has 0 atom stereocenters. The molecule has 0 saturated heterocycles. The highest BCUT2D eigenvalue weighted by atomic mass is 32.2. The molecule has 2 heterocycles. The Kier molecular flexibility index (Phi) is 3.92. The SMILES string of the molecule is CCC1=C(C)c2c(N)nc(SCc3cccnc3)nc2C1. The Labute approximate surface area is 128 Å². The van der Waals surface area contributed by atoms with Crippen molar-refractivity contribution in [3.63, 3.8) is 0 Å².